The largest absolute Gasteiger partial charge is 0.385 e. The average molecular weight is 279 g/mol. The van der Waals surface area contributed by atoms with Crippen molar-refractivity contribution in [3.05, 3.63) is 33.8 Å². The molecule has 0 aliphatic rings. The van der Waals surface area contributed by atoms with Crippen LogP contribution in [0, 0.1) is 0 Å². The Bertz CT molecular complexity index is 376. The van der Waals surface area contributed by atoms with E-state index >= 15 is 0 Å². The fraction of sp³-hybridized carbons (Fsp3) is 0.500. The lowest BCUT2D eigenvalue weighted by molar-refractivity contribution is -0.142. The number of benzene rings is 1. The standard InChI is InChI=1S/C12H16Cl2O3/c1-12(15,7-11(16-2)17-3)8-4-5-9(13)10(14)6-8/h4-6,11,15H,7H2,1-3H3. The molecule has 0 aliphatic carbocycles. The highest BCUT2D eigenvalue weighted by atomic mass is 35.5. The van der Waals surface area contributed by atoms with Crippen molar-refractivity contribution < 1.29 is 14.6 Å². The third-order valence-corrected chi connectivity index (χ3v) is 3.37. The van der Waals surface area contributed by atoms with Crippen molar-refractivity contribution in [2.75, 3.05) is 14.2 Å². The van der Waals surface area contributed by atoms with Gasteiger partial charge in [-0.3, -0.25) is 0 Å². The lowest BCUT2D eigenvalue weighted by Gasteiger charge is -2.27. The summed E-state index contributed by atoms with van der Waals surface area (Å²) in [7, 11) is 3.05. The van der Waals surface area contributed by atoms with Crippen molar-refractivity contribution in [1.82, 2.24) is 0 Å². The van der Waals surface area contributed by atoms with Crippen LogP contribution < -0.4 is 0 Å². The van der Waals surface area contributed by atoms with E-state index in [1.807, 2.05) is 0 Å². The molecule has 0 bridgehead atoms. The van der Waals surface area contributed by atoms with E-state index in [2.05, 4.69) is 0 Å². The summed E-state index contributed by atoms with van der Waals surface area (Å²) in [4.78, 5) is 0. The number of hydrogen-bond donors (Lipinski definition) is 1. The molecule has 0 aliphatic heterocycles. The normalized spacial score (nSPS) is 15.0. The quantitative estimate of drug-likeness (QED) is 0.841. The molecule has 1 N–H and O–H groups in total. The smallest absolute Gasteiger partial charge is 0.159 e. The molecule has 1 atom stereocenters. The number of halogens is 2. The van der Waals surface area contributed by atoms with Crippen molar-refractivity contribution >= 4 is 23.2 Å². The van der Waals surface area contributed by atoms with Crippen LogP contribution >= 0.6 is 23.2 Å². The molecule has 0 fully saturated rings. The van der Waals surface area contributed by atoms with Gasteiger partial charge in [0.05, 0.1) is 15.6 Å². The third-order valence-electron chi connectivity index (χ3n) is 2.63. The maximum atomic E-state index is 10.4. The molecule has 1 aromatic rings. The van der Waals surface area contributed by atoms with Crippen LogP contribution in [0.1, 0.15) is 18.9 Å². The molecule has 1 unspecified atom stereocenters. The Labute approximate surface area is 111 Å². The molecule has 0 saturated heterocycles. The SMILES string of the molecule is COC(CC(C)(O)c1ccc(Cl)c(Cl)c1)OC. The molecule has 3 nitrogen and oxygen atoms in total. The molecule has 0 spiro atoms. The van der Waals surface area contributed by atoms with Crippen LogP contribution in [-0.2, 0) is 15.1 Å². The summed E-state index contributed by atoms with van der Waals surface area (Å²) in [6.07, 6.45) is -0.169. The zero-order valence-corrected chi connectivity index (χ0v) is 11.5. The van der Waals surface area contributed by atoms with Crippen molar-refractivity contribution in [3.63, 3.8) is 0 Å². The Morgan fingerprint density at radius 3 is 2.29 bits per heavy atom. The van der Waals surface area contributed by atoms with Crippen LogP contribution in [-0.4, -0.2) is 25.6 Å². The van der Waals surface area contributed by atoms with Crippen LogP contribution in [0.4, 0.5) is 0 Å². The minimum atomic E-state index is -1.09. The summed E-state index contributed by atoms with van der Waals surface area (Å²) in [6, 6.07) is 5.03. The van der Waals surface area contributed by atoms with Gasteiger partial charge in [0.25, 0.3) is 0 Å². The molecule has 0 amide bonds. The van der Waals surface area contributed by atoms with E-state index in [9.17, 15) is 5.11 Å². The lowest BCUT2D eigenvalue weighted by Crippen LogP contribution is -2.29. The van der Waals surface area contributed by atoms with Gasteiger partial charge < -0.3 is 14.6 Å². The fourth-order valence-corrected chi connectivity index (χ4v) is 1.83. The van der Waals surface area contributed by atoms with Crippen molar-refractivity contribution in [2.24, 2.45) is 0 Å². The van der Waals surface area contributed by atoms with Gasteiger partial charge in [-0.15, -0.1) is 0 Å². The van der Waals surface area contributed by atoms with Crippen molar-refractivity contribution in [1.29, 1.82) is 0 Å². The van der Waals surface area contributed by atoms with Gasteiger partial charge in [0.2, 0.25) is 0 Å². The number of aliphatic hydroxyl groups is 1. The molecule has 0 saturated carbocycles. The summed E-state index contributed by atoms with van der Waals surface area (Å²) < 4.78 is 10.1. The van der Waals surface area contributed by atoms with E-state index in [0.717, 1.165) is 0 Å². The second kappa shape index (κ2) is 6.03. The van der Waals surface area contributed by atoms with Gasteiger partial charge in [-0.1, -0.05) is 29.3 Å². The number of ether oxygens (including phenoxy) is 2. The van der Waals surface area contributed by atoms with Gasteiger partial charge in [-0.25, -0.2) is 0 Å². The minimum absolute atomic E-state index is 0.304. The van der Waals surface area contributed by atoms with E-state index < -0.39 is 11.9 Å². The molecule has 1 aromatic carbocycles. The van der Waals surface area contributed by atoms with E-state index in [1.165, 1.54) is 14.2 Å². The van der Waals surface area contributed by atoms with Gasteiger partial charge in [0, 0.05) is 20.6 Å². The first kappa shape index (κ1) is 14.7. The first-order valence-electron chi connectivity index (χ1n) is 5.14. The predicted octanol–water partition coefficient (Wildman–Crippen LogP) is 3.21. The highest BCUT2D eigenvalue weighted by Gasteiger charge is 2.28. The Kier molecular flexibility index (Phi) is 5.22. The van der Waals surface area contributed by atoms with Crippen molar-refractivity contribution in [3.8, 4) is 0 Å². The highest BCUT2D eigenvalue weighted by Crippen LogP contribution is 2.31. The third kappa shape index (κ3) is 3.83. The average Bonchev–Trinajstić information content (AvgIpc) is 2.29. The number of hydrogen-bond acceptors (Lipinski definition) is 3. The maximum Gasteiger partial charge on any atom is 0.159 e. The van der Waals surface area contributed by atoms with E-state index in [0.29, 0.717) is 22.0 Å². The lowest BCUT2D eigenvalue weighted by atomic mass is 9.92. The molecule has 1 rings (SSSR count). The fourth-order valence-electron chi connectivity index (χ4n) is 1.54. The highest BCUT2D eigenvalue weighted by molar-refractivity contribution is 6.42. The number of methoxy groups -OCH3 is 2. The number of rotatable bonds is 5. The molecule has 96 valence electrons. The zero-order chi connectivity index (χ0) is 13.1. The van der Waals surface area contributed by atoms with Gasteiger partial charge in [0.15, 0.2) is 6.29 Å². The first-order chi connectivity index (χ1) is 7.90. The second-order valence-electron chi connectivity index (χ2n) is 4.01. The summed E-state index contributed by atoms with van der Waals surface area (Å²) in [5.74, 6) is 0. The van der Waals surface area contributed by atoms with Gasteiger partial charge in [-0.2, -0.15) is 0 Å². The van der Waals surface area contributed by atoms with Crippen LogP contribution in [0.25, 0.3) is 0 Å². The molecular formula is C12H16Cl2O3. The Hall–Kier alpha value is -0.320. The summed E-state index contributed by atoms with van der Waals surface area (Å²) in [5, 5.41) is 11.2. The molecular weight excluding hydrogens is 263 g/mol. The molecule has 0 heterocycles. The van der Waals surface area contributed by atoms with Gasteiger partial charge >= 0.3 is 0 Å². The van der Waals surface area contributed by atoms with Crippen molar-refractivity contribution in [2.45, 2.75) is 25.2 Å². The van der Waals surface area contributed by atoms with Crippen LogP contribution in [0.5, 0.6) is 0 Å². The van der Waals surface area contributed by atoms with Gasteiger partial charge in [-0.05, 0) is 24.6 Å². The van der Waals surface area contributed by atoms with E-state index in [4.69, 9.17) is 32.7 Å². The van der Waals surface area contributed by atoms with Crippen LogP contribution in [0.15, 0.2) is 18.2 Å². The first-order valence-corrected chi connectivity index (χ1v) is 5.90. The monoisotopic (exact) mass is 278 g/mol. The minimum Gasteiger partial charge on any atom is -0.385 e. The Morgan fingerprint density at radius 2 is 1.82 bits per heavy atom. The summed E-state index contributed by atoms with van der Waals surface area (Å²) >= 11 is 11.7. The summed E-state index contributed by atoms with van der Waals surface area (Å²) in [6.45, 7) is 1.68. The maximum absolute atomic E-state index is 10.4. The molecule has 0 radical (unpaired) electrons. The topological polar surface area (TPSA) is 38.7 Å². The van der Waals surface area contributed by atoms with Crippen LogP contribution in [0.3, 0.4) is 0 Å². The molecule has 5 heteroatoms. The zero-order valence-electron chi connectivity index (χ0n) is 10.0. The van der Waals surface area contributed by atoms with Crippen LogP contribution in [0.2, 0.25) is 10.0 Å². The molecule has 0 aromatic heterocycles. The van der Waals surface area contributed by atoms with Gasteiger partial charge in [0.1, 0.15) is 0 Å². The summed E-state index contributed by atoms with van der Waals surface area (Å²) in [5.41, 5.74) is -0.420. The second-order valence-corrected chi connectivity index (χ2v) is 4.82. The molecule has 17 heavy (non-hydrogen) atoms. The Balaban J connectivity index is 2.91. The Morgan fingerprint density at radius 1 is 1.24 bits per heavy atom. The van der Waals surface area contributed by atoms with E-state index in [1.54, 1.807) is 25.1 Å². The predicted molar refractivity (Wildman–Crippen MR) is 68.5 cm³/mol. The van der Waals surface area contributed by atoms with E-state index in [-0.39, 0.29) is 0 Å².